The van der Waals surface area contributed by atoms with Crippen molar-refractivity contribution < 1.29 is 9.53 Å². The van der Waals surface area contributed by atoms with E-state index in [4.69, 9.17) is 4.74 Å². The van der Waals surface area contributed by atoms with Gasteiger partial charge in [0.05, 0.1) is 0 Å². The number of nitrogens with zero attached hydrogens (tertiary/aromatic N) is 2. The fraction of sp³-hybridized carbons (Fsp3) is 0.308. The molecule has 152 valence electrons. The summed E-state index contributed by atoms with van der Waals surface area (Å²) in [4.78, 5) is 19.5. The van der Waals surface area contributed by atoms with Gasteiger partial charge in [-0.25, -0.2) is 0 Å². The Balaban J connectivity index is 1.28. The molecule has 3 heterocycles. The van der Waals surface area contributed by atoms with E-state index in [0.29, 0.717) is 0 Å². The predicted molar refractivity (Wildman–Crippen MR) is 117 cm³/mol. The van der Waals surface area contributed by atoms with Crippen LogP contribution in [0.2, 0.25) is 0 Å². The van der Waals surface area contributed by atoms with E-state index in [1.807, 2.05) is 24.3 Å². The number of aryl methyl sites for hydroxylation is 1. The summed E-state index contributed by atoms with van der Waals surface area (Å²) < 4.78 is 6.17. The summed E-state index contributed by atoms with van der Waals surface area (Å²) >= 11 is 0. The van der Waals surface area contributed by atoms with Crippen LogP contribution in [0.5, 0.6) is 5.75 Å². The highest BCUT2D eigenvalue weighted by atomic mass is 16.5. The number of carbonyl (C=O) groups excluding carboxylic acids is 1. The molecule has 2 fully saturated rings. The molecular weight excluding hydrogens is 372 g/mol. The van der Waals surface area contributed by atoms with Crippen LogP contribution in [0.1, 0.15) is 41.6 Å². The molecule has 2 aliphatic heterocycles. The van der Waals surface area contributed by atoms with Crippen LogP contribution >= 0.6 is 0 Å². The third-order valence-corrected chi connectivity index (χ3v) is 6.39. The van der Waals surface area contributed by atoms with Crippen molar-refractivity contribution in [2.45, 2.75) is 50.8 Å². The van der Waals surface area contributed by atoms with E-state index in [2.05, 4.69) is 53.2 Å². The van der Waals surface area contributed by atoms with Gasteiger partial charge in [0.15, 0.2) is 0 Å². The molecule has 0 aliphatic carbocycles. The van der Waals surface area contributed by atoms with Gasteiger partial charge < -0.3 is 9.64 Å². The summed E-state index contributed by atoms with van der Waals surface area (Å²) in [5, 5.41) is 0. The number of rotatable bonds is 4. The average molecular weight is 399 g/mol. The Labute approximate surface area is 177 Å². The number of piperidine rings is 1. The zero-order valence-electron chi connectivity index (χ0n) is 17.2. The van der Waals surface area contributed by atoms with Gasteiger partial charge in [0.1, 0.15) is 11.9 Å². The van der Waals surface area contributed by atoms with E-state index in [0.717, 1.165) is 42.6 Å². The van der Waals surface area contributed by atoms with Gasteiger partial charge in [-0.2, -0.15) is 0 Å². The molecule has 4 heteroatoms. The van der Waals surface area contributed by atoms with Crippen molar-refractivity contribution in [2.24, 2.45) is 0 Å². The minimum Gasteiger partial charge on any atom is -0.490 e. The number of amides is 1. The Hall–Kier alpha value is -3.14. The van der Waals surface area contributed by atoms with Crippen LogP contribution in [0.3, 0.4) is 0 Å². The highest BCUT2D eigenvalue weighted by Gasteiger charge is 2.44. The number of fused-ring (bicyclic) bond motifs is 2. The van der Waals surface area contributed by atoms with Gasteiger partial charge >= 0.3 is 0 Å². The van der Waals surface area contributed by atoms with Crippen LogP contribution in [0, 0.1) is 6.92 Å². The van der Waals surface area contributed by atoms with E-state index in [1.54, 1.807) is 12.4 Å². The van der Waals surface area contributed by atoms with E-state index < -0.39 is 0 Å². The summed E-state index contributed by atoms with van der Waals surface area (Å²) in [6.07, 6.45) is 7.59. The van der Waals surface area contributed by atoms with Gasteiger partial charge in [0.2, 0.25) is 0 Å². The molecule has 2 saturated heterocycles. The Bertz CT molecular complexity index is 1000. The molecule has 0 saturated carbocycles. The molecule has 5 rings (SSSR count). The third-order valence-electron chi connectivity index (χ3n) is 6.39. The third kappa shape index (κ3) is 3.70. The highest BCUT2D eigenvalue weighted by Crippen LogP contribution is 2.38. The van der Waals surface area contributed by atoms with Crippen molar-refractivity contribution in [2.75, 3.05) is 0 Å². The molecule has 2 bridgehead atoms. The first kappa shape index (κ1) is 18.9. The van der Waals surface area contributed by atoms with Crippen molar-refractivity contribution in [3.63, 3.8) is 0 Å². The topological polar surface area (TPSA) is 42.4 Å². The second kappa shape index (κ2) is 7.94. The number of pyridine rings is 1. The zero-order valence-corrected chi connectivity index (χ0v) is 17.2. The Morgan fingerprint density at radius 2 is 1.43 bits per heavy atom. The maximum Gasteiger partial charge on any atom is 0.254 e. The molecule has 0 radical (unpaired) electrons. The molecule has 1 aromatic heterocycles. The first-order chi connectivity index (χ1) is 14.7. The van der Waals surface area contributed by atoms with Gasteiger partial charge in [0, 0.05) is 42.9 Å². The number of benzene rings is 2. The molecule has 2 unspecified atom stereocenters. The quantitative estimate of drug-likeness (QED) is 0.601. The van der Waals surface area contributed by atoms with E-state index in [-0.39, 0.29) is 24.1 Å². The lowest BCUT2D eigenvalue weighted by atomic mass is 9.97. The smallest absolute Gasteiger partial charge is 0.254 e. The summed E-state index contributed by atoms with van der Waals surface area (Å²) in [7, 11) is 0. The maximum absolute atomic E-state index is 13.3. The normalized spacial score (nSPS) is 22.7. The second-order valence-corrected chi connectivity index (χ2v) is 8.43. The van der Waals surface area contributed by atoms with E-state index in [1.165, 1.54) is 11.1 Å². The molecule has 2 aliphatic rings. The monoisotopic (exact) mass is 398 g/mol. The van der Waals surface area contributed by atoms with Crippen molar-refractivity contribution >= 4 is 5.91 Å². The molecular formula is C26H26N2O2. The van der Waals surface area contributed by atoms with Crippen LogP contribution in [-0.2, 0) is 0 Å². The lowest BCUT2D eigenvalue weighted by Crippen LogP contribution is -2.49. The maximum atomic E-state index is 13.3. The molecule has 2 aromatic carbocycles. The van der Waals surface area contributed by atoms with Crippen molar-refractivity contribution in [1.29, 1.82) is 0 Å². The minimum absolute atomic E-state index is 0.153. The molecule has 0 spiro atoms. The molecule has 4 nitrogen and oxygen atoms in total. The zero-order chi connectivity index (χ0) is 20.5. The van der Waals surface area contributed by atoms with Gasteiger partial charge in [-0.15, -0.1) is 0 Å². The van der Waals surface area contributed by atoms with Gasteiger partial charge in [-0.3, -0.25) is 9.78 Å². The van der Waals surface area contributed by atoms with Crippen LogP contribution in [-0.4, -0.2) is 34.0 Å². The van der Waals surface area contributed by atoms with Crippen molar-refractivity contribution in [3.05, 3.63) is 84.2 Å². The first-order valence-electron chi connectivity index (χ1n) is 10.7. The minimum atomic E-state index is 0.153. The SMILES string of the molecule is Cc1ccc(-c2ccc(C(=O)N3C4CCC3CC(Oc3ccncc3)C4)cc2)cc1. The average Bonchev–Trinajstić information content (AvgIpc) is 3.05. The number of ether oxygens (including phenoxy) is 1. The number of carbonyl (C=O) groups is 1. The van der Waals surface area contributed by atoms with E-state index in [9.17, 15) is 4.79 Å². The summed E-state index contributed by atoms with van der Waals surface area (Å²) in [6, 6.07) is 20.9. The standard InChI is InChI=1S/C26H26N2O2/c1-18-2-4-19(5-3-18)20-6-8-21(9-7-20)26(29)28-22-10-11-23(28)17-25(16-22)30-24-12-14-27-15-13-24/h2-9,12-15,22-23,25H,10-11,16-17H2,1H3. The molecule has 3 aromatic rings. The molecule has 0 N–H and O–H groups in total. The van der Waals surface area contributed by atoms with Crippen LogP contribution in [0.25, 0.3) is 11.1 Å². The Kier molecular flexibility index (Phi) is 4.99. The lowest BCUT2D eigenvalue weighted by molar-refractivity contribution is 0.0359. The summed E-state index contributed by atoms with van der Waals surface area (Å²) in [5.74, 6) is 1.01. The number of aromatic nitrogens is 1. The molecule has 30 heavy (non-hydrogen) atoms. The molecule has 1 amide bonds. The fourth-order valence-electron chi connectivity index (χ4n) is 4.86. The van der Waals surface area contributed by atoms with Crippen molar-refractivity contribution in [3.8, 4) is 16.9 Å². The largest absolute Gasteiger partial charge is 0.490 e. The predicted octanol–water partition coefficient (Wildman–Crippen LogP) is 5.27. The van der Waals surface area contributed by atoms with Crippen molar-refractivity contribution in [1.82, 2.24) is 9.88 Å². The van der Waals surface area contributed by atoms with Crippen LogP contribution in [0.15, 0.2) is 73.1 Å². The van der Waals surface area contributed by atoms with Crippen LogP contribution in [0.4, 0.5) is 0 Å². The fourth-order valence-corrected chi connectivity index (χ4v) is 4.86. The van der Waals surface area contributed by atoms with E-state index >= 15 is 0 Å². The first-order valence-corrected chi connectivity index (χ1v) is 10.7. The number of hydrogen-bond acceptors (Lipinski definition) is 3. The lowest BCUT2D eigenvalue weighted by Gasteiger charge is -2.39. The summed E-state index contributed by atoms with van der Waals surface area (Å²) in [5.41, 5.74) is 4.33. The highest BCUT2D eigenvalue weighted by molar-refractivity contribution is 5.95. The van der Waals surface area contributed by atoms with Gasteiger partial charge in [-0.05, 0) is 55.2 Å². The Morgan fingerprint density at radius 1 is 0.867 bits per heavy atom. The van der Waals surface area contributed by atoms with Gasteiger partial charge in [-0.1, -0.05) is 42.0 Å². The molecule has 2 atom stereocenters. The second-order valence-electron chi connectivity index (χ2n) is 8.43. The van der Waals surface area contributed by atoms with Crippen LogP contribution < -0.4 is 4.74 Å². The van der Waals surface area contributed by atoms with Gasteiger partial charge in [0.25, 0.3) is 5.91 Å². The Morgan fingerprint density at radius 3 is 2.03 bits per heavy atom. The number of hydrogen-bond donors (Lipinski definition) is 0. The summed E-state index contributed by atoms with van der Waals surface area (Å²) in [6.45, 7) is 2.09.